The summed E-state index contributed by atoms with van der Waals surface area (Å²) in [6.07, 6.45) is 2.52. The summed E-state index contributed by atoms with van der Waals surface area (Å²) in [4.78, 5) is 3.48. The molecule has 0 saturated carbocycles. The van der Waals surface area contributed by atoms with Crippen LogP contribution in [0.5, 0.6) is 0 Å². The minimum atomic E-state index is -0.779. The predicted molar refractivity (Wildman–Crippen MR) is 74.5 cm³/mol. The standard InChI is InChI=1S/C12H7F3IN3/c13-7-1-2-11(9(14)5-7)19-18-6-8-10(16)3-4-17-12(8)15/h1-6,19H. The van der Waals surface area contributed by atoms with Gasteiger partial charge in [-0.05, 0) is 40.8 Å². The van der Waals surface area contributed by atoms with Crippen LogP contribution in [0.3, 0.4) is 0 Å². The Kier molecular flexibility index (Phi) is 4.35. The number of hydrazone groups is 1. The first kappa shape index (κ1) is 13.8. The summed E-state index contributed by atoms with van der Waals surface area (Å²) in [7, 11) is 0. The number of hydrogen-bond acceptors (Lipinski definition) is 3. The van der Waals surface area contributed by atoms with Crippen molar-refractivity contribution in [2.24, 2.45) is 5.10 Å². The summed E-state index contributed by atoms with van der Waals surface area (Å²) in [5, 5.41) is 3.70. The molecule has 0 amide bonds. The highest BCUT2D eigenvalue weighted by molar-refractivity contribution is 14.1. The van der Waals surface area contributed by atoms with Gasteiger partial charge in [-0.1, -0.05) is 0 Å². The summed E-state index contributed by atoms with van der Waals surface area (Å²) in [5.41, 5.74) is 2.56. The van der Waals surface area contributed by atoms with Crippen molar-refractivity contribution in [1.29, 1.82) is 0 Å². The Morgan fingerprint density at radius 3 is 2.68 bits per heavy atom. The van der Waals surface area contributed by atoms with E-state index in [1.165, 1.54) is 18.5 Å². The van der Waals surface area contributed by atoms with Gasteiger partial charge in [-0.15, -0.1) is 0 Å². The van der Waals surface area contributed by atoms with Gasteiger partial charge in [0.05, 0.1) is 17.5 Å². The first-order chi connectivity index (χ1) is 9.08. The van der Waals surface area contributed by atoms with E-state index in [-0.39, 0.29) is 11.3 Å². The summed E-state index contributed by atoms with van der Waals surface area (Å²) >= 11 is 1.93. The molecule has 0 aliphatic heterocycles. The van der Waals surface area contributed by atoms with Gasteiger partial charge in [0.1, 0.15) is 5.82 Å². The average molecular weight is 377 g/mol. The molecule has 1 aromatic carbocycles. The lowest BCUT2D eigenvalue weighted by molar-refractivity contribution is 0.580. The van der Waals surface area contributed by atoms with E-state index in [0.717, 1.165) is 12.1 Å². The molecule has 2 aromatic rings. The second-order valence-electron chi connectivity index (χ2n) is 3.49. The number of anilines is 1. The van der Waals surface area contributed by atoms with Crippen molar-refractivity contribution in [2.75, 3.05) is 5.43 Å². The van der Waals surface area contributed by atoms with Crippen molar-refractivity contribution in [1.82, 2.24) is 4.98 Å². The Labute approximate surface area is 120 Å². The van der Waals surface area contributed by atoms with E-state index < -0.39 is 17.6 Å². The molecule has 0 spiro atoms. The van der Waals surface area contributed by atoms with Crippen molar-refractivity contribution in [3.63, 3.8) is 0 Å². The van der Waals surface area contributed by atoms with Crippen LogP contribution in [0.25, 0.3) is 0 Å². The third kappa shape index (κ3) is 3.43. The second-order valence-corrected chi connectivity index (χ2v) is 4.65. The summed E-state index contributed by atoms with van der Waals surface area (Å²) in [6, 6.07) is 4.64. The fourth-order valence-corrected chi connectivity index (χ4v) is 1.81. The fourth-order valence-electron chi connectivity index (χ4n) is 1.29. The fraction of sp³-hybridized carbons (Fsp3) is 0. The van der Waals surface area contributed by atoms with Gasteiger partial charge in [0.2, 0.25) is 5.95 Å². The normalized spacial score (nSPS) is 10.9. The molecule has 3 nitrogen and oxygen atoms in total. The highest BCUT2D eigenvalue weighted by Crippen LogP contribution is 2.15. The Bertz CT molecular complexity index is 611. The van der Waals surface area contributed by atoms with E-state index in [0.29, 0.717) is 3.57 Å². The van der Waals surface area contributed by atoms with Crippen LogP contribution in [0.1, 0.15) is 5.56 Å². The van der Waals surface area contributed by atoms with Crippen molar-refractivity contribution in [3.05, 3.63) is 57.2 Å². The number of nitrogens with one attached hydrogen (secondary N) is 1. The van der Waals surface area contributed by atoms with Crippen LogP contribution in [-0.2, 0) is 0 Å². The van der Waals surface area contributed by atoms with Crippen LogP contribution in [-0.4, -0.2) is 11.2 Å². The van der Waals surface area contributed by atoms with E-state index in [1.807, 2.05) is 22.6 Å². The average Bonchev–Trinajstić information content (AvgIpc) is 2.35. The van der Waals surface area contributed by atoms with E-state index in [1.54, 1.807) is 6.07 Å². The maximum Gasteiger partial charge on any atom is 0.222 e. The van der Waals surface area contributed by atoms with Gasteiger partial charge < -0.3 is 0 Å². The zero-order chi connectivity index (χ0) is 13.8. The zero-order valence-electron chi connectivity index (χ0n) is 9.37. The van der Waals surface area contributed by atoms with Crippen molar-refractivity contribution >= 4 is 34.5 Å². The molecule has 0 aliphatic carbocycles. The molecule has 1 N–H and O–H groups in total. The van der Waals surface area contributed by atoms with Crippen LogP contribution >= 0.6 is 22.6 Å². The van der Waals surface area contributed by atoms with Crippen LogP contribution in [0.2, 0.25) is 0 Å². The molecule has 1 aromatic heterocycles. The SMILES string of the molecule is Fc1ccc(NN=Cc2c(I)ccnc2F)c(F)c1. The van der Waals surface area contributed by atoms with Crippen LogP contribution in [0, 0.1) is 21.2 Å². The first-order valence-electron chi connectivity index (χ1n) is 5.12. The molecule has 0 fully saturated rings. The predicted octanol–water partition coefficient (Wildman–Crippen LogP) is 3.55. The molecular weight excluding hydrogens is 370 g/mol. The number of hydrogen-bond donors (Lipinski definition) is 1. The summed E-state index contributed by atoms with van der Waals surface area (Å²) < 4.78 is 39.9. The maximum absolute atomic E-state index is 13.3. The number of aromatic nitrogens is 1. The smallest absolute Gasteiger partial charge is 0.222 e. The molecule has 7 heteroatoms. The van der Waals surface area contributed by atoms with Gasteiger partial charge in [0.15, 0.2) is 5.82 Å². The van der Waals surface area contributed by atoms with E-state index in [9.17, 15) is 13.2 Å². The highest BCUT2D eigenvalue weighted by atomic mass is 127. The van der Waals surface area contributed by atoms with Gasteiger partial charge >= 0.3 is 0 Å². The number of halogens is 4. The highest BCUT2D eigenvalue weighted by Gasteiger charge is 2.05. The molecule has 0 saturated heterocycles. The minimum Gasteiger partial charge on any atom is -0.276 e. The van der Waals surface area contributed by atoms with Gasteiger partial charge in [-0.3, -0.25) is 5.43 Å². The second kappa shape index (κ2) is 6.00. The molecule has 0 unspecified atom stereocenters. The van der Waals surface area contributed by atoms with Crippen LogP contribution < -0.4 is 5.43 Å². The molecule has 19 heavy (non-hydrogen) atoms. The van der Waals surface area contributed by atoms with Gasteiger partial charge in [-0.25, -0.2) is 13.8 Å². The van der Waals surface area contributed by atoms with Gasteiger partial charge in [0.25, 0.3) is 0 Å². The molecule has 0 bridgehead atoms. The monoisotopic (exact) mass is 377 g/mol. The largest absolute Gasteiger partial charge is 0.276 e. The lowest BCUT2D eigenvalue weighted by atomic mass is 10.3. The molecular formula is C12H7F3IN3. The molecule has 2 rings (SSSR count). The van der Waals surface area contributed by atoms with Crippen molar-refractivity contribution in [3.8, 4) is 0 Å². The number of nitrogens with zero attached hydrogens (tertiary/aromatic N) is 2. The molecule has 1 heterocycles. The quantitative estimate of drug-likeness (QED) is 0.385. The Morgan fingerprint density at radius 2 is 2.00 bits per heavy atom. The number of benzene rings is 1. The van der Waals surface area contributed by atoms with Crippen LogP contribution in [0.15, 0.2) is 35.6 Å². The third-order valence-corrected chi connectivity index (χ3v) is 3.14. The topological polar surface area (TPSA) is 37.3 Å². The van der Waals surface area contributed by atoms with E-state index in [2.05, 4.69) is 15.5 Å². The van der Waals surface area contributed by atoms with Crippen molar-refractivity contribution < 1.29 is 13.2 Å². The summed E-state index contributed by atoms with van der Waals surface area (Å²) in [5.74, 6) is -2.13. The number of pyridine rings is 1. The van der Waals surface area contributed by atoms with Gasteiger partial charge in [0, 0.05) is 15.8 Å². The van der Waals surface area contributed by atoms with E-state index >= 15 is 0 Å². The first-order valence-corrected chi connectivity index (χ1v) is 6.20. The molecule has 0 radical (unpaired) electrons. The molecule has 0 aliphatic rings. The zero-order valence-corrected chi connectivity index (χ0v) is 11.5. The number of rotatable bonds is 3. The van der Waals surface area contributed by atoms with Crippen molar-refractivity contribution in [2.45, 2.75) is 0 Å². The lowest BCUT2D eigenvalue weighted by Gasteiger charge is -2.02. The minimum absolute atomic E-state index is 0.00282. The van der Waals surface area contributed by atoms with Gasteiger partial charge in [-0.2, -0.15) is 9.49 Å². The van der Waals surface area contributed by atoms with Crippen LogP contribution in [0.4, 0.5) is 18.9 Å². The summed E-state index contributed by atoms with van der Waals surface area (Å²) in [6.45, 7) is 0. The Hall–Kier alpha value is -1.64. The molecule has 98 valence electrons. The Balaban J connectivity index is 2.16. The Morgan fingerprint density at radius 1 is 1.21 bits per heavy atom. The maximum atomic E-state index is 13.3. The lowest BCUT2D eigenvalue weighted by Crippen LogP contribution is -1.99. The van der Waals surface area contributed by atoms with E-state index in [4.69, 9.17) is 0 Å². The molecule has 0 atom stereocenters. The third-order valence-electron chi connectivity index (χ3n) is 2.20.